The van der Waals surface area contributed by atoms with E-state index in [1.54, 1.807) is 0 Å². The van der Waals surface area contributed by atoms with Gasteiger partial charge < -0.3 is 15.4 Å². The summed E-state index contributed by atoms with van der Waals surface area (Å²) in [6, 6.07) is 9.54. The molecule has 1 heterocycles. The first-order valence-electron chi connectivity index (χ1n) is 8.83. The number of rotatable bonds is 4. The lowest BCUT2D eigenvalue weighted by molar-refractivity contribution is -0.0947. The molecule has 1 aliphatic heterocycles. The normalized spacial score (nSPS) is 21.1. The molecule has 1 aliphatic rings. The number of hydrogen-bond donors (Lipinski definition) is 2. The van der Waals surface area contributed by atoms with Gasteiger partial charge in [-0.1, -0.05) is 30.0 Å². The third kappa shape index (κ3) is 6.41. The van der Waals surface area contributed by atoms with Gasteiger partial charge in [0.1, 0.15) is 0 Å². The van der Waals surface area contributed by atoms with E-state index in [0.717, 1.165) is 18.7 Å². The maximum Gasteiger partial charge on any atom is 0.315 e. The molecule has 2 amide bonds. The summed E-state index contributed by atoms with van der Waals surface area (Å²) in [6.07, 6.45) is 0.426. The van der Waals surface area contributed by atoms with Gasteiger partial charge in [0.05, 0.1) is 18.8 Å². The Morgan fingerprint density at radius 1 is 1.20 bits per heavy atom. The lowest BCUT2D eigenvalue weighted by atomic mass is 10.0. The van der Waals surface area contributed by atoms with Gasteiger partial charge in [-0.2, -0.15) is 0 Å². The molecule has 0 bridgehead atoms. The van der Waals surface area contributed by atoms with Gasteiger partial charge in [0.2, 0.25) is 0 Å². The van der Waals surface area contributed by atoms with Gasteiger partial charge in [-0.25, -0.2) is 4.79 Å². The van der Waals surface area contributed by atoms with Crippen molar-refractivity contribution in [3.63, 3.8) is 0 Å². The van der Waals surface area contributed by atoms with Gasteiger partial charge in [-0.3, -0.25) is 4.90 Å². The summed E-state index contributed by atoms with van der Waals surface area (Å²) in [5, 5.41) is 5.73. The number of morpholine rings is 1. The fourth-order valence-electron chi connectivity index (χ4n) is 2.94. The Balaban J connectivity index is 1.74. The SMILES string of the molecule is C[C@@H]1CN(C(C)(C)CNC(=O)NCC#Cc2ccccc2)C[C@@H](C)O1. The van der Waals surface area contributed by atoms with Crippen LogP contribution < -0.4 is 10.6 Å². The minimum Gasteiger partial charge on any atom is -0.373 e. The molecule has 1 aromatic rings. The number of hydrogen-bond acceptors (Lipinski definition) is 3. The summed E-state index contributed by atoms with van der Waals surface area (Å²) in [6.45, 7) is 11.1. The van der Waals surface area contributed by atoms with Gasteiger partial charge in [0, 0.05) is 30.7 Å². The molecule has 1 saturated heterocycles. The summed E-state index contributed by atoms with van der Waals surface area (Å²) in [5.74, 6) is 5.97. The maximum absolute atomic E-state index is 12.0. The van der Waals surface area contributed by atoms with Crippen molar-refractivity contribution in [2.24, 2.45) is 0 Å². The Hall–Kier alpha value is -2.03. The molecule has 1 aromatic carbocycles. The van der Waals surface area contributed by atoms with Crippen molar-refractivity contribution in [3.05, 3.63) is 35.9 Å². The molecule has 25 heavy (non-hydrogen) atoms. The average molecular weight is 343 g/mol. The molecule has 0 saturated carbocycles. The second-order valence-electron chi connectivity index (χ2n) is 7.18. The van der Waals surface area contributed by atoms with Crippen molar-refractivity contribution in [1.29, 1.82) is 0 Å². The highest BCUT2D eigenvalue weighted by Gasteiger charge is 2.33. The Labute approximate surface area is 151 Å². The molecule has 5 nitrogen and oxygen atoms in total. The van der Waals surface area contributed by atoms with Crippen LogP contribution in [-0.4, -0.2) is 54.9 Å². The highest BCUT2D eigenvalue weighted by molar-refractivity contribution is 5.74. The topological polar surface area (TPSA) is 53.6 Å². The minimum atomic E-state index is -0.190. The largest absolute Gasteiger partial charge is 0.373 e. The van der Waals surface area contributed by atoms with Crippen LogP contribution in [-0.2, 0) is 4.74 Å². The zero-order chi connectivity index (χ0) is 18.3. The predicted octanol–water partition coefficient (Wildman–Crippen LogP) is 2.23. The lowest BCUT2D eigenvalue weighted by Crippen LogP contribution is -2.59. The van der Waals surface area contributed by atoms with Crippen LogP contribution in [0.4, 0.5) is 4.79 Å². The van der Waals surface area contributed by atoms with E-state index in [9.17, 15) is 4.79 Å². The van der Waals surface area contributed by atoms with E-state index in [2.05, 4.69) is 55.1 Å². The highest BCUT2D eigenvalue weighted by Crippen LogP contribution is 2.20. The van der Waals surface area contributed by atoms with Crippen molar-refractivity contribution >= 4 is 6.03 Å². The number of ether oxygens (including phenoxy) is 1. The van der Waals surface area contributed by atoms with E-state index in [4.69, 9.17) is 4.74 Å². The summed E-state index contributed by atoms with van der Waals surface area (Å²) < 4.78 is 5.78. The Morgan fingerprint density at radius 3 is 2.48 bits per heavy atom. The average Bonchev–Trinajstić information content (AvgIpc) is 2.57. The lowest BCUT2D eigenvalue weighted by Gasteiger charge is -2.45. The Kier molecular flexibility index (Phi) is 6.86. The minimum absolute atomic E-state index is 0.126. The number of benzene rings is 1. The molecule has 0 unspecified atom stereocenters. The fourth-order valence-corrected chi connectivity index (χ4v) is 2.94. The van der Waals surface area contributed by atoms with Gasteiger partial charge >= 0.3 is 6.03 Å². The molecular formula is C20H29N3O2. The molecule has 5 heteroatoms. The molecule has 0 aliphatic carbocycles. The number of carbonyl (C=O) groups is 1. The van der Waals surface area contributed by atoms with E-state index in [1.165, 1.54) is 0 Å². The van der Waals surface area contributed by atoms with Crippen LogP contribution in [0.15, 0.2) is 30.3 Å². The molecule has 0 radical (unpaired) electrons. The second kappa shape index (κ2) is 8.89. The molecule has 1 fully saturated rings. The van der Waals surface area contributed by atoms with Gasteiger partial charge in [0.25, 0.3) is 0 Å². The zero-order valence-electron chi connectivity index (χ0n) is 15.6. The Bertz CT molecular complexity index is 609. The molecule has 0 aromatic heterocycles. The number of nitrogens with zero attached hydrogens (tertiary/aromatic N) is 1. The van der Waals surface area contributed by atoms with Crippen molar-refractivity contribution in [3.8, 4) is 11.8 Å². The van der Waals surface area contributed by atoms with Crippen molar-refractivity contribution in [2.75, 3.05) is 26.2 Å². The first kappa shape index (κ1) is 19.3. The third-order valence-corrected chi connectivity index (χ3v) is 4.30. The number of amides is 2. The Morgan fingerprint density at radius 2 is 1.84 bits per heavy atom. The van der Waals surface area contributed by atoms with Crippen LogP contribution in [0, 0.1) is 11.8 Å². The molecule has 0 spiro atoms. The van der Waals surface area contributed by atoms with E-state index in [0.29, 0.717) is 13.1 Å². The van der Waals surface area contributed by atoms with E-state index >= 15 is 0 Å². The van der Waals surface area contributed by atoms with E-state index in [-0.39, 0.29) is 23.8 Å². The molecular weight excluding hydrogens is 314 g/mol. The van der Waals surface area contributed by atoms with Crippen LogP contribution >= 0.6 is 0 Å². The smallest absolute Gasteiger partial charge is 0.315 e. The molecule has 136 valence electrons. The van der Waals surface area contributed by atoms with Crippen LogP contribution in [0.5, 0.6) is 0 Å². The molecule has 2 atom stereocenters. The van der Waals surface area contributed by atoms with Crippen LogP contribution in [0.3, 0.4) is 0 Å². The summed E-state index contributed by atoms with van der Waals surface area (Å²) in [7, 11) is 0. The van der Waals surface area contributed by atoms with Crippen LogP contribution in [0.25, 0.3) is 0 Å². The van der Waals surface area contributed by atoms with Gasteiger partial charge in [0.15, 0.2) is 0 Å². The van der Waals surface area contributed by atoms with E-state index in [1.807, 2.05) is 30.3 Å². The number of carbonyl (C=O) groups excluding carboxylic acids is 1. The second-order valence-corrected chi connectivity index (χ2v) is 7.18. The highest BCUT2D eigenvalue weighted by atomic mass is 16.5. The summed E-state index contributed by atoms with van der Waals surface area (Å²) in [4.78, 5) is 14.4. The fraction of sp³-hybridized carbons (Fsp3) is 0.550. The molecule has 2 rings (SSSR count). The predicted molar refractivity (Wildman–Crippen MR) is 100 cm³/mol. The quantitative estimate of drug-likeness (QED) is 0.825. The summed E-state index contributed by atoms with van der Waals surface area (Å²) >= 11 is 0. The first-order chi connectivity index (χ1) is 11.9. The van der Waals surface area contributed by atoms with Crippen molar-refractivity contribution < 1.29 is 9.53 Å². The molecule has 2 N–H and O–H groups in total. The number of urea groups is 1. The zero-order valence-corrected chi connectivity index (χ0v) is 15.6. The maximum atomic E-state index is 12.0. The third-order valence-electron chi connectivity index (χ3n) is 4.30. The van der Waals surface area contributed by atoms with E-state index < -0.39 is 0 Å². The van der Waals surface area contributed by atoms with Crippen LogP contribution in [0.2, 0.25) is 0 Å². The monoisotopic (exact) mass is 343 g/mol. The number of nitrogens with one attached hydrogen (secondary N) is 2. The summed E-state index contributed by atoms with van der Waals surface area (Å²) in [5.41, 5.74) is 0.820. The standard InChI is InChI=1S/C20H29N3O2/c1-16-13-23(14-17(2)25-16)20(3,4)15-22-19(24)21-12-8-11-18-9-6-5-7-10-18/h5-7,9-10,16-17H,12-15H2,1-4H3,(H2,21,22,24)/t16-,17-/m1/s1. The van der Waals surface area contributed by atoms with Crippen molar-refractivity contribution in [1.82, 2.24) is 15.5 Å². The van der Waals surface area contributed by atoms with Crippen LogP contribution in [0.1, 0.15) is 33.3 Å². The van der Waals surface area contributed by atoms with Gasteiger partial charge in [-0.15, -0.1) is 0 Å². The van der Waals surface area contributed by atoms with Crippen molar-refractivity contribution in [2.45, 2.75) is 45.4 Å². The first-order valence-corrected chi connectivity index (χ1v) is 8.83. The van der Waals surface area contributed by atoms with Gasteiger partial charge in [-0.05, 0) is 39.8 Å².